The number of nitrogens with zero attached hydrogens (tertiary/aromatic N) is 2. The van der Waals surface area contributed by atoms with Crippen LogP contribution in [0.1, 0.15) is 28.5 Å². The molecule has 0 aliphatic heterocycles. The molecule has 4 heteroatoms. The first kappa shape index (κ1) is 11.4. The minimum Gasteiger partial charge on any atom is -0.287 e. The Kier molecular flexibility index (Phi) is 3.23. The smallest absolute Gasteiger partial charge is 0.214 e. The van der Waals surface area contributed by atoms with Gasteiger partial charge in [-0.2, -0.15) is 0 Å². The molecule has 0 bridgehead atoms. The molecule has 0 radical (unpaired) electrons. The molecule has 0 saturated carbocycles. The second kappa shape index (κ2) is 4.82. The molecule has 17 heavy (non-hydrogen) atoms. The average molecular weight is 230 g/mol. The topological polar surface area (TPSA) is 42.9 Å². The maximum Gasteiger partial charge on any atom is 0.214 e. The minimum absolute atomic E-state index is 0.00778. The molecule has 3 nitrogen and oxygen atoms in total. The number of carbonyl (C=O) groups excluding carboxylic acids is 1. The quantitative estimate of drug-likeness (QED) is 0.760. The molecule has 0 aromatic carbocycles. The lowest BCUT2D eigenvalue weighted by Gasteiger charge is -2.05. The van der Waals surface area contributed by atoms with Gasteiger partial charge in [0.2, 0.25) is 5.78 Å². The van der Waals surface area contributed by atoms with Crippen LogP contribution in [0, 0.1) is 5.82 Å². The molecule has 0 aliphatic rings. The molecule has 2 heterocycles. The van der Waals surface area contributed by atoms with E-state index in [1.165, 1.54) is 18.5 Å². The number of carbonyl (C=O) groups is 1. The SMILES string of the molecule is CCc1cccnc1C(=O)c1ccncc1F. The van der Waals surface area contributed by atoms with Crippen molar-refractivity contribution >= 4 is 5.78 Å². The summed E-state index contributed by atoms with van der Waals surface area (Å²) in [6.45, 7) is 1.93. The summed E-state index contributed by atoms with van der Waals surface area (Å²) in [4.78, 5) is 19.8. The van der Waals surface area contributed by atoms with Crippen LogP contribution in [0.3, 0.4) is 0 Å². The molecule has 0 amide bonds. The van der Waals surface area contributed by atoms with Crippen molar-refractivity contribution in [2.45, 2.75) is 13.3 Å². The largest absolute Gasteiger partial charge is 0.287 e. The first-order chi connectivity index (χ1) is 8.24. The van der Waals surface area contributed by atoms with Crippen LogP contribution in [0.5, 0.6) is 0 Å². The van der Waals surface area contributed by atoms with Crippen molar-refractivity contribution in [1.82, 2.24) is 9.97 Å². The fourth-order valence-electron chi connectivity index (χ4n) is 1.62. The van der Waals surface area contributed by atoms with Gasteiger partial charge in [0, 0.05) is 12.4 Å². The standard InChI is InChI=1S/C13H11FN2O/c1-2-9-4-3-6-16-12(9)13(17)10-5-7-15-8-11(10)14/h3-8H,2H2,1H3. The van der Waals surface area contributed by atoms with Gasteiger partial charge in [-0.1, -0.05) is 13.0 Å². The molecule has 86 valence electrons. The summed E-state index contributed by atoms with van der Waals surface area (Å²) >= 11 is 0. The zero-order valence-corrected chi connectivity index (χ0v) is 9.35. The highest BCUT2D eigenvalue weighted by Gasteiger charge is 2.17. The Morgan fingerprint density at radius 3 is 2.88 bits per heavy atom. The van der Waals surface area contributed by atoms with Gasteiger partial charge in [-0.05, 0) is 24.1 Å². The van der Waals surface area contributed by atoms with Crippen molar-refractivity contribution in [3.8, 4) is 0 Å². The van der Waals surface area contributed by atoms with Crippen molar-refractivity contribution in [3.63, 3.8) is 0 Å². The Morgan fingerprint density at radius 2 is 2.18 bits per heavy atom. The molecule has 0 unspecified atom stereocenters. The Morgan fingerprint density at radius 1 is 1.35 bits per heavy atom. The van der Waals surface area contributed by atoms with Gasteiger partial charge >= 0.3 is 0 Å². The third-order valence-electron chi connectivity index (χ3n) is 2.50. The lowest BCUT2D eigenvalue weighted by Crippen LogP contribution is -2.09. The highest BCUT2D eigenvalue weighted by molar-refractivity contribution is 6.08. The molecule has 0 fully saturated rings. The third-order valence-corrected chi connectivity index (χ3v) is 2.50. The lowest BCUT2D eigenvalue weighted by molar-refractivity contribution is 0.102. The number of halogens is 1. The number of hydrogen-bond donors (Lipinski definition) is 0. The molecule has 0 aliphatic carbocycles. The van der Waals surface area contributed by atoms with Crippen LogP contribution in [0.4, 0.5) is 4.39 Å². The van der Waals surface area contributed by atoms with Crippen LogP contribution in [-0.2, 0) is 6.42 Å². The summed E-state index contributed by atoms with van der Waals surface area (Å²) in [5, 5.41) is 0. The molecule has 2 rings (SSSR count). The molecule has 2 aromatic rings. The van der Waals surface area contributed by atoms with Gasteiger partial charge in [-0.25, -0.2) is 4.39 Å². The van der Waals surface area contributed by atoms with Gasteiger partial charge in [0.15, 0.2) is 5.82 Å². The maximum atomic E-state index is 13.5. The molecule has 0 atom stereocenters. The van der Waals surface area contributed by atoms with Gasteiger partial charge in [0.25, 0.3) is 0 Å². The highest BCUT2D eigenvalue weighted by atomic mass is 19.1. The van der Waals surface area contributed by atoms with Gasteiger partial charge < -0.3 is 0 Å². The van der Waals surface area contributed by atoms with Gasteiger partial charge in [-0.3, -0.25) is 14.8 Å². The predicted molar refractivity (Wildman–Crippen MR) is 61.2 cm³/mol. The van der Waals surface area contributed by atoms with E-state index in [0.29, 0.717) is 12.1 Å². The first-order valence-electron chi connectivity index (χ1n) is 5.32. The van der Waals surface area contributed by atoms with Crippen LogP contribution in [0.25, 0.3) is 0 Å². The molecule has 0 spiro atoms. The highest BCUT2D eigenvalue weighted by Crippen LogP contribution is 2.14. The Hall–Kier alpha value is -2.10. The van der Waals surface area contributed by atoms with Crippen LogP contribution in [0.15, 0.2) is 36.8 Å². The molecule has 0 N–H and O–H groups in total. The fraction of sp³-hybridized carbons (Fsp3) is 0.154. The minimum atomic E-state index is -0.620. The van der Waals surface area contributed by atoms with E-state index in [0.717, 1.165) is 11.8 Å². The van der Waals surface area contributed by atoms with E-state index in [2.05, 4.69) is 9.97 Å². The van der Waals surface area contributed by atoms with E-state index in [1.807, 2.05) is 13.0 Å². The summed E-state index contributed by atoms with van der Waals surface area (Å²) in [5.74, 6) is -1.02. The average Bonchev–Trinajstić information content (AvgIpc) is 2.38. The van der Waals surface area contributed by atoms with E-state index >= 15 is 0 Å². The van der Waals surface area contributed by atoms with Gasteiger partial charge in [0.1, 0.15) is 5.69 Å². The molecular weight excluding hydrogens is 219 g/mol. The number of rotatable bonds is 3. The molecule has 0 saturated heterocycles. The zero-order chi connectivity index (χ0) is 12.3. The van der Waals surface area contributed by atoms with E-state index in [1.54, 1.807) is 6.07 Å². The zero-order valence-electron chi connectivity index (χ0n) is 9.35. The van der Waals surface area contributed by atoms with Crippen molar-refractivity contribution in [2.75, 3.05) is 0 Å². The van der Waals surface area contributed by atoms with Crippen LogP contribution in [0.2, 0.25) is 0 Å². The Balaban J connectivity index is 2.48. The first-order valence-corrected chi connectivity index (χ1v) is 5.32. The monoisotopic (exact) mass is 230 g/mol. The number of ketones is 1. The van der Waals surface area contributed by atoms with Crippen LogP contribution >= 0.6 is 0 Å². The van der Waals surface area contributed by atoms with Gasteiger partial charge in [0.05, 0.1) is 11.8 Å². The summed E-state index contributed by atoms with van der Waals surface area (Å²) in [7, 11) is 0. The fourth-order valence-corrected chi connectivity index (χ4v) is 1.62. The predicted octanol–water partition coefficient (Wildman–Crippen LogP) is 2.41. The molecular formula is C13H11FN2O. The van der Waals surface area contributed by atoms with E-state index < -0.39 is 11.6 Å². The third kappa shape index (κ3) is 2.20. The summed E-state index contributed by atoms with van der Waals surface area (Å²) in [6, 6.07) is 4.95. The second-order valence-electron chi connectivity index (χ2n) is 3.55. The maximum absolute atomic E-state index is 13.5. The van der Waals surface area contributed by atoms with E-state index in [-0.39, 0.29) is 5.56 Å². The normalized spacial score (nSPS) is 10.2. The van der Waals surface area contributed by atoms with E-state index in [4.69, 9.17) is 0 Å². The summed E-state index contributed by atoms with van der Waals surface area (Å²) < 4.78 is 13.5. The lowest BCUT2D eigenvalue weighted by atomic mass is 10.0. The Bertz CT molecular complexity index is 555. The number of aryl methyl sites for hydroxylation is 1. The van der Waals surface area contributed by atoms with Crippen molar-refractivity contribution in [2.24, 2.45) is 0 Å². The van der Waals surface area contributed by atoms with Crippen LogP contribution < -0.4 is 0 Å². The van der Waals surface area contributed by atoms with Crippen molar-refractivity contribution in [1.29, 1.82) is 0 Å². The summed E-state index contributed by atoms with van der Waals surface area (Å²) in [6.07, 6.45) is 4.64. The number of pyridine rings is 2. The molecule has 2 aromatic heterocycles. The number of hydrogen-bond acceptors (Lipinski definition) is 3. The second-order valence-corrected chi connectivity index (χ2v) is 3.55. The number of aromatic nitrogens is 2. The Labute approximate surface area is 98.3 Å². The van der Waals surface area contributed by atoms with Crippen molar-refractivity contribution < 1.29 is 9.18 Å². The van der Waals surface area contributed by atoms with E-state index in [9.17, 15) is 9.18 Å². The van der Waals surface area contributed by atoms with Crippen molar-refractivity contribution in [3.05, 3.63) is 59.4 Å². The van der Waals surface area contributed by atoms with Crippen LogP contribution in [-0.4, -0.2) is 15.8 Å². The van der Waals surface area contributed by atoms with Gasteiger partial charge in [-0.15, -0.1) is 0 Å². The summed E-state index contributed by atoms with van der Waals surface area (Å²) in [5.41, 5.74) is 1.13.